The van der Waals surface area contributed by atoms with Crippen LogP contribution in [0.15, 0.2) is 78.8 Å². The number of hydrogen-bond acceptors (Lipinski definition) is 8. The van der Waals surface area contributed by atoms with Crippen molar-refractivity contribution in [3.05, 3.63) is 95.5 Å². The molecule has 9 heteroatoms. The quantitative estimate of drug-likeness (QED) is 0.196. The van der Waals surface area contributed by atoms with Crippen molar-refractivity contribution in [1.82, 2.24) is 26.1 Å². The molecule has 0 saturated carbocycles. The van der Waals surface area contributed by atoms with Gasteiger partial charge < -0.3 is 25.7 Å². The highest BCUT2D eigenvalue weighted by Crippen LogP contribution is 2.21. The molecular formula is C30H46N6O3. The Morgan fingerprint density at radius 1 is 1.15 bits per heavy atom. The lowest BCUT2D eigenvalue weighted by molar-refractivity contribution is -0.122. The lowest BCUT2D eigenvalue weighted by atomic mass is 10.1. The number of carboxylic acid groups (broad SMARTS) is 1. The third-order valence-electron chi connectivity index (χ3n) is 5.79. The molecule has 1 aromatic heterocycles. The number of nitrogens with one attached hydrogen (secondary N) is 3. The summed E-state index contributed by atoms with van der Waals surface area (Å²) in [6.45, 7) is 18.9. The Labute approximate surface area is 233 Å². The van der Waals surface area contributed by atoms with Gasteiger partial charge in [0.1, 0.15) is 18.2 Å². The monoisotopic (exact) mass is 538 g/mol. The van der Waals surface area contributed by atoms with Crippen molar-refractivity contribution in [3.8, 4) is 0 Å². The van der Waals surface area contributed by atoms with Crippen LogP contribution in [0.4, 0.5) is 5.82 Å². The number of allylic oxidation sites excluding steroid dienone is 3. The standard InChI is InChI=1S/C25H32N6O.2C2H6.CH2O2/c1-4-18(2)15-22-17-27-24(28-22)21-8-9-23(26-16-21)30-10-12-31(13-11-30)29-25(32)20-7-5-6-19(3)14-20;2*1-2;2-1-3/h4-9,14-17,24-25,27-29,32H,1,10-13H2,2-3H3;2*1-2H3;1H,(H,2,3)/b18-15-;;;. The molecule has 0 spiro atoms. The number of aryl methyl sites for hydroxylation is 1. The number of aromatic nitrogens is 1. The normalized spacial score (nSPS) is 17.3. The Balaban J connectivity index is 0.000000996. The lowest BCUT2D eigenvalue weighted by Gasteiger charge is -2.36. The van der Waals surface area contributed by atoms with Crippen molar-refractivity contribution in [2.75, 3.05) is 31.1 Å². The van der Waals surface area contributed by atoms with Gasteiger partial charge in [0, 0.05) is 44.1 Å². The van der Waals surface area contributed by atoms with E-state index < -0.39 is 6.23 Å². The average Bonchev–Trinajstić information content (AvgIpc) is 3.44. The fourth-order valence-corrected chi connectivity index (χ4v) is 3.90. The predicted octanol–water partition coefficient (Wildman–Crippen LogP) is 4.63. The van der Waals surface area contributed by atoms with Crippen LogP contribution in [0.1, 0.15) is 63.7 Å². The molecule has 1 aromatic carbocycles. The van der Waals surface area contributed by atoms with Crippen molar-refractivity contribution in [1.29, 1.82) is 0 Å². The van der Waals surface area contributed by atoms with Gasteiger partial charge >= 0.3 is 0 Å². The molecule has 9 nitrogen and oxygen atoms in total. The van der Waals surface area contributed by atoms with Gasteiger partial charge in [0.2, 0.25) is 0 Å². The highest BCUT2D eigenvalue weighted by atomic mass is 16.3. The first-order valence-corrected chi connectivity index (χ1v) is 13.5. The second kappa shape index (κ2) is 18.6. The second-order valence-corrected chi connectivity index (χ2v) is 8.41. The summed E-state index contributed by atoms with van der Waals surface area (Å²) in [6.07, 6.45) is 7.12. The van der Waals surface area contributed by atoms with Gasteiger partial charge in [-0.25, -0.2) is 15.4 Å². The maximum atomic E-state index is 10.5. The van der Waals surface area contributed by atoms with Gasteiger partial charge in [0.15, 0.2) is 0 Å². The third kappa shape index (κ3) is 10.9. The predicted molar refractivity (Wildman–Crippen MR) is 160 cm³/mol. The van der Waals surface area contributed by atoms with E-state index >= 15 is 0 Å². The topological polar surface area (TPSA) is 113 Å². The van der Waals surface area contributed by atoms with Crippen LogP contribution in [0.25, 0.3) is 0 Å². The van der Waals surface area contributed by atoms with Crippen LogP contribution >= 0.6 is 0 Å². The van der Waals surface area contributed by atoms with Crippen LogP contribution < -0.4 is 21.0 Å². The smallest absolute Gasteiger partial charge is 0.290 e. The summed E-state index contributed by atoms with van der Waals surface area (Å²) in [4.78, 5) is 15.3. The molecule has 1 saturated heterocycles. The summed E-state index contributed by atoms with van der Waals surface area (Å²) >= 11 is 0. The van der Waals surface area contributed by atoms with Crippen molar-refractivity contribution in [2.24, 2.45) is 0 Å². The summed E-state index contributed by atoms with van der Waals surface area (Å²) in [5.41, 5.74) is 8.47. The number of nitrogens with zero attached hydrogens (tertiary/aromatic N) is 3. The van der Waals surface area contributed by atoms with Crippen molar-refractivity contribution in [3.63, 3.8) is 0 Å². The van der Waals surface area contributed by atoms with E-state index in [2.05, 4.69) is 50.8 Å². The van der Waals surface area contributed by atoms with Crippen molar-refractivity contribution >= 4 is 12.3 Å². The number of rotatable bonds is 7. The van der Waals surface area contributed by atoms with E-state index in [1.807, 2.05) is 84.3 Å². The van der Waals surface area contributed by atoms with E-state index in [0.717, 1.165) is 60.0 Å². The maximum Gasteiger partial charge on any atom is 0.290 e. The number of piperazine rings is 1. The van der Waals surface area contributed by atoms with Crippen LogP contribution in [-0.4, -0.2) is 52.9 Å². The minimum absolute atomic E-state index is 0.0181. The number of pyridine rings is 1. The molecular weight excluding hydrogens is 492 g/mol. The molecule has 0 radical (unpaired) electrons. The van der Waals surface area contributed by atoms with E-state index in [0.29, 0.717) is 0 Å². The number of benzene rings is 1. The first kappa shape index (κ1) is 33.4. The molecule has 2 atom stereocenters. The molecule has 39 heavy (non-hydrogen) atoms. The van der Waals surface area contributed by atoms with Gasteiger partial charge in [-0.3, -0.25) is 4.79 Å². The van der Waals surface area contributed by atoms with Crippen LogP contribution in [0, 0.1) is 6.92 Å². The Bertz CT molecular complexity index is 1050. The number of hydrogen-bond donors (Lipinski definition) is 5. The molecule has 0 amide bonds. The fourth-order valence-electron chi connectivity index (χ4n) is 3.90. The van der Waals surface area contributed by atoms with Gasteiger partial charge in [-0.1, -0.05) is 70.2 Å². The number of anilines is 1. The van der Waals surface area contributed by atoms with Crippen LogP contribution in [-0.2, 0) is 4.79 Å². The lowest BCUT2D eigenvalue weighted by Crippen LogP contribution is -2.53. The molecule has 0 aliphatic carbocycles. The molecule has 2 aromatic rings. The zero-order valence-electron chi connectivity index (χ0n) is 24.2. The summed E-state index contributed by atoms with van der Waals surface area (Å²) in [6, 6.07) is 12.1. The maximum absolute atomic E-state index is 10.5. The highest BCUT2D eigenvalue weighted by molar-refractivity contribution is 5.41. The Morgan fingerprint density at radius 3 is 2.38 bits per heavy atom. The highest BCUT2D eigenvalue weighted by Gasteiger charge is 2.21. The SMILES string of the molecule is C=C/C(C)=C\C1=CNC(c2ccc(N3CCN(NC(O)c4cccc(C)c4)CC3)nc2)N1.CC.CC.O=CO. The van der Waals surface area contributed by atoms with E-state index in [1.54, 1.807) is 0 Å². The molecule has 2 aliphatic heterocycles. The largest absolute Gasteiger partial charge is 0.483 e. The van der Waals surface area contributed by atoms with Crippen LogP contribution in [0.2, 0.25) is 0 Å². The fraction of sp³-hybridized carbons (Fsp3) is 0.400. The number of aliphatic hydroxyl groups is 1. The van der Waals surface area contributed by atoms with Gasteiger partial charge in [-0.05, 0) is 43.2 Å². The number of aliphatic hydroxyl groups excluding tert-OH is 1. The molecule has 2 unspecified atom stereocenters. The third-order valence-corrected chi connectivity index (χ3v) is 5.79. The van der Waals surface area contributed by atoms with E-state index in [-0.39, 0.29) is 12.6 Å². The number of carbonyl (C=O) groups is 1. The van der Waals surface area contributed by atoms with Gasteiger partial charge in [0.05, 0.1) is 5.70 Å². The molecule has 1 fully saturated rings. The zero-order chi connectivity index (χ0) is 29.2. The van der Waals surface area contributed by atoms with E-state index in [1.165, 1.54) is 0 Å². The van der Waals surface area contributed by atoms with E-state index in [9.17, 15) is 5.11 Å². The first-order chi connectivity index (χ1) is 18.9. The first-order valence-electron chi connectivity index (χ1n) is 13.5. The Kier molecular flexibility index (Phi) is 15.9. The summed E-state index contributed by atoms with van der Waals surface area (Å²) in [5.74, 6) is 0.973. The summed E-state index contributed by atoms with van der Waals surface area (Å²) in [7, 11) is 0. The molecule has 4 rings (SSSR count). The molecule has 0 bridgehead atoms. The molecule has 5 N–H and O–H groups in total. The van der Waals surface area contributed by atoms with Gasteiger partial charge in [0.25, 0.3) is 6.47 Å². The van der Waals surface area contributed by atoms with E-state index in [4.69, 9.17) is 14.9 Å². The minimum Gasteiger partial charge on any atom is -0.483 e. The zero-order valence-corrected chi connectivity index (χ0v) is 24.2. The van der Waals surface area contributed by atoms with Crippen LogP contribution in [0.5, 0.6) is 0 Å². The number of hydrazine groups is 1. The molecule has 214 valence electrons. The second-order valence-electron chi connectivity index (χ2n) is 8.41. The van der Waals surface area contributed by atoms with Crippen molar-refractivity contribution < 1.29 is 15.0 Å². The Hall–Kier alpha value is -3.66. The van der Waals surface area contributed by atoms with Gasteiger partial charge in [-0.15, -0.1) is 0 Å². The minimum atomic E-state index is -0.700. The van der Waals surface area contributed by atoms with Crippen molar-refractivity contribution in [2.45, 2.75) is 53.9 Å². The summed E-state index contributed by atoms with van der Waals surface area (Å²) in [5, 5.41) is 26.3. The Morgan fingerprint density at radius 2 is 1.82 bits per heavy atom. The van der Waals surface area contributed by atoms with Crippen LogP contribution in [0.3, 0.4) is 0 Å². The molecule has 3 heterocycles. The average molecular weight is 539 g/mol. The van der Waals surface area contributed by atoms with Gasteiger partial charge in [-0.2, -0.15) is 0 Å². The molecule has 2 aliphatic rings. The summed E-state index contributed by atoms with van der Waals surface area (Å²) < 4.78 is 0.